The average molecular weight is 395 g/mol. The number of benzene rings is 4. The first-order valence-electron chi connectivity index (χ1n) is 8.23. The van der Waals surface area contributed by atoms with E-state index in [9.17, 15) is 14.7 Å². The van der Waals surface area contributed by atoms with E-state index in [0.717, 1.165) is 21.5 Å². The summed E-state index contributed by atoms with van der Waals surface area (Å²) in [6.07, 6.45) is 0. The molecule has 4 aromatic carbocycles. The highest BCUT2D eigenvalue weighted by Gasteiger charge is 2.10. The van der Waals surface area contributed by atoms with E-state index >= 15 is 0 Å². The standard InChI is InChI=1S/C11H7ClO2.C11H8O3/c2*12-10-6-8-4-2-1-3-7(8)5-9(10)11(13)14/h1-6H,(H,13,14);1-6,12H,(H,13,14). The fourth-order valence-corrected chi connectivity index (χ4v) is 3.03. The molecule has 0 aliphatic heterocycles. The van der Waals surface area contributed by atoms with Gasteiger partial charge in [0.15, 0.2) is 0 Å². The molecule has 140 valence electrons. The number of hydrogen-bond acceptors (Lipinski definition) is 3. The second kappa shape index (κ2) is 7.98. The normalized spacial score (nSPS) is 10.3. The summed E-state index contributed by atoms with van der Waals surface area (Å²) in [5.41, 5.74) is 0.0778. The van der Waals surface area contributed by atoms with Crippen molar-refractivity contribution in [2.45, 2.75) is 0 Å². The van der Waals surface area contributed by atoms with Crippen molar-refractivity contribution < 1.29 is 24.9 Å². The summed E-state index contributed by atoms with van der Waals surface area (Å²) >= 11 is 5.82. The van der Waals surface area contributed by atoms with Crippen LogP contribution in [-0.4, -0.2) is 27.3 Å². The van der Waals surface area contributed by atoms with Crippen LogP contribution in [0.3, 0.4) is 0 Å². The van der Waals surface area contributed by atoms with Crippen molar-refractivity contribution in [3.63, 3.8) is 0 Å². The van der Waals surface area contributed by atoms with Crippen molar-refractivity contribution in [2.75, 3.05) is 0 Å². The smallest absolute Gasteiger partial charge is 0.339 e. The van der Waals surface area contributed by atoms with E-state index in [2.05, 4.69) is 0 Å². The van der Waals surface area contributed by atoms with Gasteiger partial charge >= 0.3 is 11.9 Å². The zero-order valence-corrected chi connectivity index (χ0v) is 15.2. The quantitative estimate of drug-likeness (QED) is 0.421. The van der Waals surface area contributed by atoms with Crippen LogP contribution in [-0.2, 0) is 0 Å². The Morgan fingerprint density at radius 1 is 0.643 bits per heavy atom. The first-order valence-corrected chi connectivity index (χ1v) is 8.61. The molecular weight excluding hydrogens is 380 g/mol. The zero-order chi connectivity index (χ0) is 20.3. The Bertz CT molecular complexity index is 1100. The molecule has 0 bridgehead atoms. The molecule has 0 aliphatic rings. The molecule has 6 heteroatoms. The molecule has 0 amide bonds. The van der Waals surface area contributed by atoms with Gasteiger partial charge in [-0.25, -0.2) is 9.59 Å². The Morgan fingerprint density at radius 3 is 1.50 bits per heavy atom. The first kappa shape index (κ1) is 19.2. The summed E-state index contributed by atoms with van der Waals surface area (Å²) < 4.78 is 0. The number of phenols is 1. The molecule has 0 saturated carbocycles. The Morgan fingerprint density at radius 2 is 1.04 bits per heavy atom. The van der Waals surface area contributed by atoms with E-state index in [1.165, 1.54) is 12.1 Å². The van der Waals surface area contributed by atoms with E-state index < -0.39 is 11.9 Å². The first-order chi connectivity index (χ1) is 13.4. The number of carboxylic acid groups (broad SMARTS) is 2. The Balaban J connectivity index is 0.000000161. The van der Waals surface area contributed by atoms with E-state index in [1.54, 1.807) is 18.2 Å². The number of halogens is 1. The van der Waals surface area contributed by atoms with Crippen LogP contribution in [0.2, 0.25) is 5.02 Å². The third kappa shape index (κ3) is 4.05. The molecule has 0 fully saturated rings. The highest BCUT2D eigenvalue weighted by molar-refractivity contribution is 6.34. The third-order valence-corrected chi connectivity index (χ3v) is 4.47. The van der Waals surface area contributed by atoms with Crippen LogP contribution in [0, 0.1) is 0 Å². The number of hydrogen-bond donors (Lipinski definition) is 3. The van der Waals surface area contributed by atoms with E-state index in [4.69, 9.17) is 21.8 Å². The fourth-order valence-electron chi connectivity index (χ4n) is 2.78. The molecule has 0 saturated heterocycles. The topological polar surface area (TPSA) is 94.8 Å². The zero-order valence-electron chi connectivity index (χ0n) is 14.5. The fraction of sp³-hybridized carbons (Fsp3) is 0. The molecular formula is C22H15ClO5. The van der Waals surface area contributed by atoms with Crippen LogP contribution in [0.1, 0.15) is 20.7 Å². The Hall–Kier alpha value is -3.57. The summed E-state index contributed by atoms with van der Waals surface area (Å²) in [4.78, 5) is 21.5. The number of fused-ring (bicyclic) bond motifs is 2. The summed E-state index contributed by atoms with van der Waals surface area (Å²) in [7, 11) is 0. The average Bonchev–Trinajstić information content (AvgIpc) is 2.67. The minimum atomic E-state index is -1.12. The predicted octanol–water partition coefficient (Wildman–Crippen LogP) is 5.44. The SMILES string of the molecule is O=C(O)c1cc2ccccc2cc1Cl.O=C(O)c1cc2ccccc2cc1O. The monoisotopic (exact) mass is 394 g/mol. The lowest BCUT2D eigenvalue weighted by Gasteiger charge is -2.02. The van der Waals surface area contributed by atoms with Crippen LogP contribution in [0.4, 0.5) is 0 Å². The summed E-state index contributed by atoms with van der Waals surface area (Å²) in [6.45, 7) is 0. The van der Waals surface area contributed by atoms with Gasteiger partial charge in [-0.05, 0) is 45.8 Å². The van der Waals surface area contributed by atoms with E-state index in [-0.39, 0.29) is 21.9 Å². The van der Waals surface area contributed by atoms with E-state index in [1.807, 2.05) is 42.5 Å². The molecule has 0 aromatic heterocycles. The number of rotatable bonds is 2. The van der Waals surface area contributed by atoms with Crippen LogP contribution in [0.15, 0.2) is 72.8 Å². The number of carbonyl (C=O) groups is 2. The molecule has 0 radical (unpaired) electrons. The van der Waals surface area contributed by atoms with Crippen LogP contribution in [0.25, 0.3) is 21.5 Å². The maximum Gasteiger partial charge on any atom is 0.339 e. The van der Waals surface area contributed by atoms with Crippen molar-refractivity contribution in [1.82, 2.24) is 0 Å². The number of carboxylic acids is 2. The van der Waals surface area contributed by atoms with Crippen molar-refractivity contribution in [3.05, 3.63) is 88.9 Å². The molecule has 28 heavy (non-hydrogen) atoms. The molecule has 4 aromatic rings. The van der Waals surface area contributed by atoms with Gasteiger partial charge in [-0.15, -0.1) is 0 Å². The van der Waals surface area contributed by atoms with Crippen molar-refractivity contribution in [2.24, 2.45) is 0 Å². The van der Waals surface area contributed by atoms with Crippen LogP contribution in [0.5, 0.6) is 5.75 Å². The van der Waals surface area contributed by atoms with Gasteiger partial charge in [-0.2, -0.15) is 0 Å². The summed E-state index contributed by atoms with van der Waals surface area (Å²) in [5.74, 6) is -2.31. The lowest BCUT2D eigenvalue weighted by atomic mass is 10.1. The third-order valence-electron chi connectivity index (χ3n) is 4.16. The van der Waals surface area contributed by atoms with Gasteiger partial charge in [0, 0.05) is 0 Å². The van der Waals surface area contributed by atoms with Gasteiger partial charge in [0.05, 0.1) is 10.6 Å². The highest BCUT2D eigenvalue weighted by Crippen LogP contribution is 2.25. The highest BCUT2D eigenvalue weighted by atomic mass is 35.5. The molecule has 4 rings (SSSR count). The van der Waals surface area contributed by atoms with Crippen LogP contribution < -0.4 is 0 Å². The summed E-state index contributed by atoms with van der Waals surface area (Å²) in [6, 6.07) is 21.0. The Kier molecular flexibility index (Phi) is 5.47. The molecule has 0 spiro atoms. The Labute approximate surface area is 165 Å². The predicted molar refractivity (Wildman–Crippen MR) is 108 cm³/mol. The minimum absolute atomic E-state index is 0.0660. The van der Waals surface area contributed by atoms with Gasteiger partial charge in [0.2, 0.25) is 0 Å². The maximum absolute atomic E-state index is 10.8. The van der Waals surface area contributed by atoms with E-state index in [0.29, 0.717) is 0 Å². The van der Waals surface area contributed by atoms with Crippen LogP contribution >= 0.6 is 11.6 Å². The molecule has 0 unspecified atom stereocenters. The van der Waals surface area contributed by atoms with Crippen molar-refractivity contribution in [3.8, 4) is 5.75 Å². The molecule has 0 atom stereocenters. The second-order valence-electron chi connectivity index (χ2n) is 6.01. The van der Waals surface area contributed by atoms with Crippen molar-refractivity contribution in [1.29, 1.82) is 0 Å². The number of aromatic hydroxyl groups is 1. The maximum atomic E-state index is 10.8. The molecule has 3 N–H and O–H groups in total. The molecule has 0 heterocycles. The van der Waals surface area contributed by atoms with Gasteiger partial charge in [0.25, 0.3) is 0 Å². The molecule has 0 aliphatic carbocycles. The molecule has 5 nitrogen and oxygen atoms in total. The van der Waals surface area contributed by atoms with Gasteiger partial charge in [0.1, 0.15) is 11.3 Å². The van der Waals surface area contributed by atoms with Gasteiger partial charge in [-0.3, -0.25) is 0 Å². The largest absolute Gasteiger partial charge is 0.507 e. The van der Waals surface area contributed by atoms with Gasteiger partial charge in [-0.1, -0.05) is 60.1 Å². The van der Waals surface area contributed by atoms with Gasteiger partial charge < -0.3 is 15.3 Å². The second-order valence-corrected chi connectivity index (χ2v) is 6.41. The lowest BCUT2D eigenvalue weighted by Crippen LogP contribution is -1.96. The number of aromatic carboxylic acids is 2. The van der Waals surface area contributed by atoms with Crippen molar-refractivity contribution >= 4 is 45.1 Å². The lowest BCUT2D eigenvalue weighted by molar-refractivity contribution is 0.0684. The minimum Gasteiger partial charge on any atom is -0.507 e. The summed E-state index contributed by atoms with van der Waals surface area (Å²) in [5, 5.41) is 30.7.